The van der Waals surface area contributed by atoms with E-state index in [4.69, 9.17) is 5.11 Å². The van der Waals surface area contributed by atoms with Gasteiger partial charge in [-0.05, 0) is 29.7 Å². The van der Waals surface area contributed by atoms with Gasteiger partial charge in [0, 0.05) is 19.8 Å². The molecule has 5 nitrogen and oxygen atoms in total. The molecule has 0 radical (unpaired) electrons. The Balaban J connectivity index is 1.83. The first-order valence-corrected chi connectivity index (χ1v) is 6.62. The number of nitrogens with zero attached hydrogens (tertiary/aromatic N) is 2. The monoisotopic (exact) mass is 273 g/mol. The lowest BCUT2D eigenvalue weighted by molar-refractivity contribution is -0.136. The zero-order chi connectivity index (χ0) is 14.4. The molecule has 0 atom stereocenters. The van der Waals surface area contributed by atoms with Crippen LogP contribution in [0.5, 0.6) is 0 Å². The van der Waals surface area contributed by atoms with Gasteiger partial charge in [-0.25, -0.2) is 0 Å². The molecule has 20 heavy (non-hydrogen) atoms. The Morgan fingerprint density at radius 2 is 2.10 bits per heavy atom. The molecule has 2 aromatic rings. The number of hydrogen-bond acceptors (Lipinski definition) is 3. The van der Waals surface area contributed by atoms with Crippen LogP contribution in [0, 0.1) is 0 Å². The van der Waals surface area contributed by atoms with Gasteiger partial charge >= 0.3 is 5.97 Å². The molecule has 1 heterocycles. The Kier molecular flexibility index (Phi) is 4.90. The second kappa shape index (κ2) is 6.86. The highest BCUT2D eigenvalue weighted by Crippen LogP contribution is 2.09. The lowest BCUT2D eigenvalue weighted by atomic mass is 10.0. The van der Waals surface area contributed by atoms with Gasteiger partial charge in [0.05, 0.1) is 12.6 Å². The van der Waals surface area contributed by atoms with Crippen LogP contribution in [-0.2, 0) is 31.2 Å². The highest BCUT2D eigenvalue weighted by molar-refractivity contribution is 5.70. The lowest BCUT2D eigenvalue weighted by Gasteiger charge is -2.08. The van der Waals surface area contributed by atoms with Crippen molar-refractivity contribution in [2.75, 3.05) is 6.54 Å². The van der Waals surface area contributed by atoms with Gasteiger partial charge in [-0.3, -0.25) is 9.48 Å². The van der Waals surface area contributed by atoms with Crippen LogP contribution in [-0.4, -0.2) is 27.4 Å². The number of carbonyl (C=O) groups is 1. The maximum atomic E-state index is 10.8. The summed E-state index contributed by atoms with van der Waals surface area (Å²) >= 11 is 0. The molecule has 0 bridgehead atoms. The molecular formula is C15H19N3O2. The van der Waals surface area contributed by atoms with Gasteiger partial charge in [-0.2, -0.15) is 5.10 Å². The van der Waals surface area contributed by atoms with E-state index >= 15 is 0 Å². The molecule has 0 aliphatic rings. The molecule has 0 aliphatic carbocycles. The average molecular weight is 273 g/mol. The Morgan fingerprint density at radius 3 is 2.75 bits per heavy atom. The van der Waals surface area contributed by atoms with E-state index in [0.717, 1.165) is 24.1 Å². The maximum Gasteiger partial charge on any atom is 0.307 e. The minimum Gasteiger partial charge on any atom is -0.481 e. The molecule has 0 aliphatic heterocycles. The predicted molar refractivity (Wildman–Crippen MR) is 76.4 cm³/mol. The summed E-state index contributed by atoms with van der Waals surface area (Å²) in [5, 5.41) is 16.4. The summed E-state index contributed by atoms with van der Waals surface area (Å²) < 4.78 is 1.79. The highest BCUT2D eigenvalue weighted by Gasteiger charge is 2.05. The van der Waals surface area contributed by atoms with E-state index in [1.165, 1.54) is 5.56 Å². The van der Waals surface area contributed by atoms with Crippen LogP contribution in [0.4, 0.5) is 0 Å². The first-order chi connectivity index (χ1) is 9.65. The maximum absolute atomic E-state index is 10.8. The number of hydrogen-bond donors (Lipinski definition) is 2. The van der Waals surface area contributed by atoms with Crippen molar-refractivity contribution in [2.24, 2.45) is 7.05 Å². The van der Waals surface area contributed by atoms with Crippen molar-refractivity contribution in [3.8, 4) is 0 Å². The van der Waals surface area contributed by atoms with E-state index in [1.807, 2.05) is 43.7 Å². The third-order valence-corrected chi connectivity index (χ3v) is 3.12. The van der Waals surface area contributed by atoms with Crippen molar-refractivity contribution in [1.29, 1.82) is 0 Å². The number of nitrogens with one attached hydrogen (secondary N) is 1. The summed E-state index contributed by atoms with van der Waals surface area (Å²) in [5.41, 5.74) is 3.11. The zero-order valence-electron chi connectivity index (χ0n) is 11.5. The van der Waals surface area contributed by atoms with Gasteiger partial charge in [-0.15, -0.1) is 0 Å². The van der Waals surface area contributed by atoms with Crippen LogP contribution in [0.25, 0.3) is 0 Å². The summed E-state index contributed by atoms with van der Waals surface area (Å²) in [6, 6.07) is 7.64. The fourth-order valence-corrected chi connectivity index (χ4v) is 2.12. The second-order valence-corrected chi connectivity index (χ2v) is 4.79. The number of benzene rings is 1. The van der Waals surface area contributed by atoms with Crippen molar-refractivity contribution in [3.05, 3.63) is 53.3 Å². The number of carboxylic acid groups (broad SMARTS) is 1. The van der Waals surface area contributed by atoms with Crippen molar-refractivity contribution in [2.45, 2.75) is 19.4 Å². The van der Waals surface area contributed by atoms with E-state index in [1.54, 1.807) is 4.68 Å². The van der Waals surface area contributed by atoms with Gasteiger partial charge in [-0.1, -0.05) is 24.3 Å². The third kappa shape index (κ3) is 4.20. The summed E-state index contributed by atoms with van der Waals surface area (Å²) in [5.74, 6) is -0.798. The van der Waals surface area contributed by atoms with Crippen LogP contribution in [0.15, 0.2) is 36.7 Å². The summed E-state index contributed by atoms with van der Waals surface area (Å²) in [7, 11) is 1.90. The van der Waals surface area contributed by atoms with Gasteiger partial charge in [0.25, 0.3) is 0 Å². The van der Waals surface area contributed by atoms with Gasteiger partial charge in [0.1, 0.15) is 0 Å². The minimum atomic E-state index is -0.798. The Hall–Kier alpha value is -2.14. The number of aryl methyl sites for hydroxylation is 1. The number of aliphatic carboxylic acids is 1. The van der Waals surface area contributed by atoms with Crippen molar-refractivity contribution in [3.63, 3.8) is 0 Å². The van der Waals surface area contributed by atoms with Crippen molar-refractivity contribution in [1.82, 2.24) is 15.1 Å². The highest BCUT2D eigenvalue weighted by atomic mass is 16.4. The number of carboxylic acids is 1. The summed E-state index contributed by atoms with van der Waals surface area (Å²) in [6.45, 7) is 1.52. The zero-order valence-corrected chi connectivity index (χ0v) is 11.5. The van der Waals surface area contributed by atoms with E-state index < -0.39 is 5.97 Å². The van der Waals surface area contributed by atoms with Gasteiger partial charge in [0.15, 0.2) is 0 Å². The smallest absolute Gasteiger partial charge is 0.307 e. The molecule has 1 aromatic heterocycles. The second-order valence-electron chi connectivity index (χ2n) is 4.79. The molecule has 0 unspecified atom stereocenters. The molecule has 0 saturated heterocycles. The molecule has 106 valence electrons. The van der Waals surface area contributed by atoms with Crippen molar-refractivity contribution < 1.29 is 9.90 Å². The first-order valence-electron chi connectivity index (χ1n) is 6.62. The van der Waals surface area contributed by atoms with Crippen LogP contribution in [0.3, 0.4) is 0 Å². The van der Waals surface area contributed by atoms with Crippen LogP contribution >= 0.6 is 0 Å². The van der Waals surface area contributed by atoms with E-state index in [0.29, 0.717) is 6.54 Å². The standard InChI is InChI=1S/C15H19N3O2/c1-18-11-12(9-17-18)6-7-16-10-14-5-3-2-4-13(14)8-15(19)20/h2-5,9,11,16H,6-8,10H2,1H3,(H,19,20). The minimum absolute atomic E-state index is 0.0699. The number of rotatable bonds is 7. The molecule has 2 N–H and O–H groups in total. The molecular weight excluding hydrogens is 254 g/mol. The van der Waals surface area contributed by atoms with E-state index in [9.17, 15) is 4.79 Å². The first kappa shape index (κ1) is 14.3. The van der Waals surface area contributed by atoms with Crippen LogP contribution < -0.4 is 5.32 Å². The molecule has 0 saturated carbocycles. The molecule has 0 fully saturated rings. The fraction of sp³-hybridized carbons (Fsp3) is 0.333. The van der Waals surface area contributed by atoms with Crippen molar-refractivity contribution >= 4 is 5.97 Å². The predicted octanol–water partition coefficient (Wildman–Crippen LogP) is 1.38. The normalized spacial score (nSPS) is 10.7. The average Bonchev–Trinajstić information content (AvgIpc) is 2.81. The SMILES string of the molecule is Cn1cc(CCNCc2ccccc2CC(=O)O)cn1. The van der Waals surface area contributed by atoms with Gasteiger partial charge in [0.2, 0.25) is 0 Å². The summed E-state index contributed by atoms with van der Waals surface area (Å²) in [6.07, 6.45) is 4.84. The Labute approximate surface area is 118 Å². The third-order valence-electron chi connectivity index (χ3n) is 3.12. The lowest BCUT2D eigenvalue weighted by Crippen LogP contribution is -2.18. The topological polar surface area (TPSA) is 67.2 Å². The van der Waals surface area contributed by atoms with Gasteiger partial charge < -0.3 is 10.4 Å². The Morgan fingerprint density at radius 1 is 1.35 bits per heavy atom. The van der Waals surface area contributed by atoms with E-state index in [2.05, 4.69) is 10.4 Å². The molecule has 2 rings (SSSR count). The fourth-order valence-electron chi connectivity index (χ4n) is 2.12. The molecule has 0 amide bonds. The van der Waals surface area contributed by atoms with E-state index in [-0.39, 0.29) is 6.42 Å². The Bertz CT molecular complexity index is 578. The molecule has 0 spiro atoms. The molecule has 1 aromatic carbocycles. The summed E-state index contributed by atoms with van der Waals surface area (Å²) in [4.78, 5) is 10.8. The quantitative estimate of drug-likeness (QED) is 0.748. The van der Waals surface area contributed by atoms with Crippen LogP contribution in [0.1, 0.15) is 16.7 Å². The largest absolute Gasteiger partial charge is 0.481 e. The number of aromatic nitrogens is 2. The van der Waals surface area contributed by atoms with Crippen LogP contribution in [0.2, 0.25) is 0 Å². The molecule has 5 heteroatoms.